The molecule has 3 amide bonds. The molecule has 2 heterocycles. The predicted octanol–water partition coefficient (Wildman–Crippen LogP) is 3.74. The van der Waals surface area contributed by atoms with Gasteiger partial charge in [-0.15, -0.1) is 0 Å². The number of aryl methyl sites for hydroxylation is 1. The van der Waals surface area contributed by atoms with Gasteiger partial charge in [-0.1, -0.05) is 18.2 Å². The predicted molar refractivity (Wildman–Crippen MR) is 123 cm³/mol. The summed E-state index contributed by atoms with van der Waals surface area (Å²) in [4.78, 5) is 54.2. The number of hydrogen-bond donors (Lipinski definition) is 0. The molecule has 0 saturated carbocycles. The van der Waals surface area contributed by atoms with Gasteiger partial charge in [0.2, 0.25) is 5.91 Å². The van der Waals surface area contributed by atoms with Crippen LogP contribution in [0.3, 0.4) is 0 Å². The average Bonchev–Trinajstić information content (AvgIpc) is 3.45. The molecule has 34 heavy (non-hydrogen) atoms. The quantitative estimate of drug-likeness (QED) is 0.394. The molecule has 0 spiro atoms. The van der Waals surface area contributed by atoms with E-state index in [1.54, 1.807) is 31.2 Å². The van der Waals surface area contributed by atoms with Crippen LogP contribution in [-0.4, -0.2) is 41.2 Å². The maximum absolute atomic E-state index is 13.5. The Morgan fingerprint density at radius 3 is 2.44 bits per heavy atom. The van der Waals surface area contributed by atoms with Crippen molar-refractivity contribution in [2.75, 3.05) is 11.5 Å². The second kappa shape index (κ2) is 9.74. The molecule has 1 fully saturated rings. The summed E-state index contributed by atoms with van der Waals surface area (Å²) in [5, 5.41) is 0. The summed E-state index contributed by atoms with van der Waals surface area (Å²) in [6, 6.07) is 15.6. The largest absolute Gasteiger partial charge is 0.467 e. The van der Waals surface area contributed by atoms with Gasteiger partial charge in [0, 0.05) is 5.56 Å². The van der Waals surface area contributed by atoms with E-state index in [2.05, 4.69) is 0 Å². The topological polar surface area (TPSA) is 97.1 Å². The van der Waals surface area contributed by atoms with Gasteiger partial charge in [-0.05, 0) is 61.9 Å². The minimum absolute atomic E-state index is 0.0412. The zero-order valence-corrected chi connectivity index (χ0v) is 18.9. The highest BCUT2D eigenvalue weighted by Crippen LogP contribution is 2.28. The number of benzene rings is 2. The van der Waals surface area contributed by atoms with Crippen molar-refractivity contribution in [3.63, 3.8) is 0 Å². The second-order valence-electron chi connectivity index (χ2n) is 7.88. The van der Waals surface area contributed by atoms with Gasteiger partial charge in [0.1, 0.15) is 11.8 Å². The fourth-order valence-electron chi connectivity index (χ4n) is 3.95. The molecule has 1 aromatic heterocycles. The van der Waals surface area contributed by atoms with Crippen molar-refractivity contribution in [2.24, 2.45) is 0 Å². The minimum atomic E-state index is -0.991. The lowest BCUT2D eigenvalue weighted by Crippen LogP contribution is -2.45. The summed E-state index contributed by atoms with van der Waals surface area (Å²) >= 11 is 0. The Labute approximate surface area is 196 Å². The Balaban J connectivity index is 1.63. The van der Waals surface area contributed by atoms with Gasteiger partial charge in [0.05, 0.1) is 37.1 Å². The highest BCUT2D eigenvalue weighted by atomic mass is 16.5. The van der Waals surface area contributed by atoms with E-state index in [9.17, 15) is 19.2 Å². The van der Waals surface area contributed by atoms with E-state index in [4.69, 9.17) is 9.15 Å². The van der Waals surface area contributed by atoms with Crippen molar-refractivity contribution in [1.82, 2.24) is 4.90 Å². The van der Waals surface area contributed by atoms with Crippen molar-refractivity contribution < 1.29 is 28.3 Å². The van der Waals surface area contributed by atoms with E-state index in [1.165, 1.54) is 35.4 Å². The van der Waals surface area contributed by atoms with E-state index in [1.807, 2.05) is 19.1 Å². The number of nitrogens with zero attached hydrogens (tertiary/aromatic N) is 2. The first kappa shape index (κ1) is 23.0. The summed E-state index contributed by atoms with van der Waals surface area (Å²) in [5.41, 5.74) is 1.86. The number of esters is 1. The van der Waals surface area contributed by atoms with Crippen molar-refractivity contribution in [3.05, 3.63) is 89.4 Å². The Morgan fingerprint density at radius 1 is 1.06 bits per heavy atom. The lowest BCUT2D eigenvalue weighted by Gasteiger charge is -2.27. The molecule has 8 nitrogen and oxygen atoms in total. The molecular formula is C26H24N2O6. The van der Waals surface area contributed by atoms with Crippen LogP contribution in [0.4, 0.5) is 5.69 Å². The van der Waals surface area contributed by atoms with Gasteiger partial charge in [0.15, 0.2) is 0 Å². The molecule has 174 valence electrons. The number of carbonyl (C=O) groups excluding carboxylic acids is 4. The average molecular weight is 460 g/mol. The van der Waals surface area contributed by atoms with Gasteiger partial charge in [-0.25, -0.2) is 9.69 Å². The first-order chi connectivity index (χ1) is 16.4. The molecule has 1 atom stereocenters. The summed E-state index contributed by atoms with van der Waals surface area (Å²) in [7, 11) is 0. The van der Waals surface area contributed by atoms with Gasteiger partial charge >= 0.3 is 5.97 Å². The zero-order valence-electron chi connectivity index (χ0n) is 18.9. The highest BCUT2D eigenvalue weighted by molar-refractivity contribution is 6.23. The molecule has 1 saturated heterocycles. The number of imide groups is 1. The molecule has 0 radical (unpaired) electrons. The van der Waals surface area contributed by atoms with Gasteiger partial charge in [-0.2, -0.15) is 0 Å². The third-order valence-corrected chi connectivity index (χ3v) is 5.68. The van der Waals surface area contributed by atoms with Crippen LogP contribution in [0.25, 0.3) is 0 Å². The van der Waals surface area contributed by atoms with Crippen LogP contribution >= 0.6 is 0 Å². The molecule has 2 aromatic carbocycles. The number of carbonyl (C=O) groups is 4. The molecule has 0 N–H and O–H groups in total. The number of rotatable bonds is 7. The zero-order chi connectivity index (χ0) is 24.2. The Bertz CT molecular complexity index is 1220. The SMILES string of the molecule is CCOC(=O)c1ccc(N2C(=O)CC(N(Cc3ccco3)C(=O)c3ccccc3C)C2=O)cc1. The smallest absolute Gasteiger partial charge is 0.338 e. The third kappa shape index (κ3) is 4.47. The number of hydrogen-bond acceptors (Lipinski definition) is 6. The second-order valence-corrected chi connectivity index (χ2v) is 7.88. The van der Waals surface area contributed by atoms with E-state index >= 15 is 0 Å². The standard InChI is InChI=1S/C26H24N2O6/c1-3-33-26(32)18-10-12-19(13-11-18)28-23(29)15-22(25(28)31)27(16-20-8-6-14-34-20)24(30)21-9-5-4-7-17(21)2/h4-14,22H,3,15-16H2,1-2H3. The van der Waals surface area contributed by atoms with Crippen LogP contribution in [0, 0.1) is 6.92 Å². The molecular weight excluding hydrogens is 436 g/mol. The first-order valence-corrected chi connectivity index (χ1v) is 10.9. The summed E-state index contributed by atoms with van der Waals surface area (Å²) < 4.78 is 10.4. The van der Waals surface area contributed by atoms with Crippen LogP contribution < -0.4 is 4.90 Å². The number of ether oxygens (including phenoxy) is 1. The monoisotopic (exact) mass is 460 g/mol. The molecule has 1 aliphatic rings. The van der Waals surface area contributed by atoms with Crippen LogP contribution in [-0.2, 0) is 20.9 Å². The Kier molecular flexibility index (Phi) is 6.58. The summed E-state index contributed by atoms with van der Waals surface area (Å²) in [6.07, 6.45) is 1.33. The van der Waals surface area contributed by atoms with Crippen molar-refractivity contribution in [2.45, 2.75) is 32.9 Å². The molecule has 0 bridgehead atoms. The third-order valence-electron chi connectivity index (χ3n) is 5.68. The maximum atomic E-state index is 13.5. The summed E-state index contributed by atoms with van der Waals surface area (Å²) in [5.74, 6) is -1.29. The number of furan rings is 1. The fourth-order valence-corrected chi connectivity index (χ4v) is 3.95. The molecule has 3 aromatic rings. The Hall–Kier alpha value is -4.20. The van der Waals surface area contributed by atoms with Gasteiger partial charge < -0.3 is 14.1 Å². The van der Waals surface area contributed by atoms with E-state index < -0.39 is 23.8 Å². The van der Waals surface area contributed by atoms with E-state index in [0.29, 0.717) is 22.6 Å². The molecule has 1 aliphatic heterocycles. The lowest BCUT2D eigenvalue weighted by atomic mass is 10.1. The van der Waals surface area contributed by atoms with Crippen LogP contribution in [0.2, 0.25) is 0 Å². The minimum Gasteiger partial charge on any atom is -0.467 e. The van der Waals surface area contributed by atoms with Crippen LogP contribution in [0.15, 0.2) is 71.3 Å². The summed E-state index contributed by atoms with van der Waals surface area (Å²) in [6.45, 7) is 3.81. The maximum Gasteiger partial charge on any atom is 0.338 e. The van der Waals surface area contributed by atoms with E-state index in [-0.39, 0.29) is 25.5 Å². The fraction of sp³-hybridized carbons (Fsp3) is 0.231. The van der Waals surface area contributed by atoms with Gasteiger partial charge in [0.25, 0.3) is 11.8 Å². The van der Waals surface area contributed by atoms with Crippen LogP contribution in [0.5, 0.6) is 0 Å². The number of anilines is 1. The molecule has 1 unspecified atom stereocenters. The van der Waals surface area contributed by atoms with Crippen molar-refractivity contribution in [3.8, 4) is 0 Å². The lowest BCUT2D eigenvalue weighted by molar-refractivity contribution is -0.122. The highest BCUT2D eigenvalue weighted by Gasteiger charge is 2.45. The van der Waals surface area contributed by atoms with Gasteiger partial charge in [-0.3, -0.25) is 14.4 Å². The van der Waals surface area contributed by atoms with Crippen molar-refractivity contribution >= 4 is 29.4 Å². The van der Waals surface area contributed by atoms with E-state index in [0.717, 1.165) is 10.5 Å². The van der Waals surface area contributed by atoms with Crippen molar-refractivity contribution in [1.29, 1.82) is 0 Å². The Morgan fingerprint density at radius 2 is 1.79 bits per heavy atom. The first-order valence-electron chi connectivity index (χ1n) is 10.9. The normalized spacial score (nSPS) is 15.5. The molecule has 8 heteroatoms. The molecule has 4 rings (SSSR count). The van der Waals surface area contributed by atoms with Crippen LogP contribution in [0.1, 0.15) is 45.4 Å². The molecule has 0 aliphatic carbocycles. The number of amides is 3.